The lowest BCUT2D eigenvalue weighted by Crippen LogP contribution is -2.43. The highest BCUT2D eigenvalue weighted by molar-refractivity contribution is 5.69. The predicted molar refractivity (Wildman–Crippen MR) is 213 cm³/mol. The first-order chi connectivity index (χ1) is 25.6. The highest BCUT2D eigenvalue weighted by atomic mass is 16.6. The summed E-state index contributed by atoms with van der Waals surface area (Å²) in [7, 11) is 0. The van der Waals surface area contributed by atoms with E-state index in [-0.39, 0.29) is 37.9 Å². The zero-order valence-corrected chi connectivity index (χ0v) is 34.0. The summed E-state index contributed by atoms with van der Waals surface area (Å²) in [6.07, 6.45) is 30.1. The third-order valence-corrected chi connectivity index (χ3v) is 10.2. The maximum absolute atomic E-state index is 12.1. The van der Waals surface area contributed by atoms with E-state index in [1.165, 1.54) is 83.5 Å². The number of allylic oxidation sites excluding steroid dienone is 2. The molecule has 1 heterocycles. The summed E-state index contributed by atoms with van der Waals surface area (Å²) in [5, 5.41) is 40.8. The topological polar surface area (TPSA) is 143 Å². The van der Waals surface area contributed by atoms with Crippen LogP contribution in [0.2, 0.25) is 0 Å². The summed E-state index contributed by atoms with van der Waals surface area (Å²) in [5.41, 5.74) is 0. The van der Waals surface area contributed by atoms with E-state index in [1.54, 1.807) is 12.2 Å². The Morgan fingerprint density at radius 3 is 1.75 bits per heavy atom. The second-order valence-corrected chi connectivity index (χ2v) is 15.8. The van der Waals surface area contributed by atoms with E-state index < -0.39 is 36.7 Å². The van der Waals surface area contributed by atoms with Gasteiger partial charge >= 0.3 is 11.9 Å². The molecule has 0 saturated carbocycles. The van der Waals surface area contributed by atoms with Crippen LogP contribution in [0.5, 0.6) is 0 Å². The minimum Gasteiger partial charge on any atom is -0.463 e. The van der Waals surface area contributed by atoms with Crippen LogP contribution in [0.15, 0.2) is 24.3 Å². The van der Waals surface area contributed by atoms with E-state index in [2.05, 4.69) is 20.8 Å². The smallest absolute Gasteiger partial charge is 0.305 e. The fourth-order valence-electron chi connectivity index (χ4n) is 6.78. The minimum atomic E-state index is -1.05. The SMILES string of the molecule is CCCCC[C@H](O)/C=C/[C@H]1OC(O)C[C@H](O)[C@@H]1C/C=C\CCCC(=O)OC[C@H](O)COC(=O)CCCCCCCCCCCCCCCCCC(C)C. The van der Waals surface area contributed by atoms with Crippen LogP contribution in [-0.2, 0) is 23.8 Å². The van der Waals surface area contributed by atoms with Crippen molar-refractivity contribution in [2.24, 2.45) is 11.8 Å². The second-order valence-electron chi connectivity index (χ2n) is 15.8. The fraction of sp³-hybridized carbons (Fsp3) is 0.864. The van der Waals surface area contributed by atoms with Gasteiger partial charge in [0.25, 0.3) is 0 Å². The molecule has 0 bridgehead atoms. The first-order valence-electron chi connectivity index (χ1n) is 21.6. The van der Waals surface area contributed by atoms with Crippen molar-refractivity contribution < 1.29 is 44.2 Å². The van der Waals surface area contributed by atoms with Gasteiger partial charge < -0.3 is 34.6 Å². The van der Waals surface area contributed by atoms with Crippen molar-refractivity contribution in [2.75, 3.05) is 13.2 Å². The van der Waals surface area contributed by atoms with Crippen molar-refractivity contribution in [1.29, 1.82) is 0 Å². The number of rotatable bonds is 34. The molecule has 1 unspecified atom stereocenters. The second kappa shape index (κ2) is 33.5. The third kappa shape index (κ3) is 29.2. The van der Waals surface area contributed by atoms with Crippen molar-refractivity contribution in [3.63, 3.8) is 0 Å². The normalized spacial score (nSPS) is 20.4. The van der Waals surface area contributed by atoms with Crippen LogP contribution < -0.4 is 0 Å². The van der Waals surface area contributed by atoms with E-state index >= 15 is 0 Å². The van der Waals surface area contributed by atoms with Gasteiger partial charge in [-0.1, -0.05) is 161 Å². The van der Waals surface area contributed by atoms with Gasteiger partial charge in [-0.05, 0) is 38.0 Å². The number of ether oxygens (including phenoxy) is 3. The van der Waals surface area contributed by atoms with E-state index in [0.29, 0.717) is 32.1 Å². The van der Waals surface area contributed by atoms with E-state index in [0.717, 1.165) is 44.4 Å². The molecule has 0 amide bonds. The van der Waals surface area contributed by atoms with E-state index in [9.17, 15) is 30.0 Å². The van der Waals surface area contributed by atoms with Gasteiger partial charge in [-0.3, -0.25) is 9.59 Å². The molecule has 0 spiro atoms. The molecular formula is C44H80O9. The minimum absolute atomic E-state index is 0.137. The molecule has 9 nitrogen and oxygen atoms in total. The number of carbonyl (C=O) groups excluding carboxylic acids is 2. The molecule has 310 valence electrons. The van der Waals surface area contributed by atoms with Crippen LogP contribution in [0.4, 0.5) is 0 Å². The molecule has 0 aromatic heterocycles. The number of esters is 2. The Hall–Kier alpha value is -1.78. The first-order valence-corrected chi connectivity index (χ1v) is 21.6. The number of unbranched alkanes of at least 4 members (excludes halogenated alkanes) is 17. The van der Waals surface area contributed by atoms with Crippen LogP contribution in [0, 0.1) is 11.8 Å². The lowest BCUT2D eigenvalue weighted by Gasteiger charge is -2.36. The van der Waals surface area contributed by atoms with Gasteiger partial charge in [0.2, 0.25) is 0 Å². The summed E-state index contributed by atoms with van der Waals surface area (Å²) in [6, 6.07) is 0. The largest absolute Gasteiger partial charge is 0.463 e. The lowest BCUT2D eigenvalue weighted by molar-refractivity contribution is -0.199. The van der Waals surface area contributed by atoms with Gasteiger partial charge in [-0.2, -0.15) is 0 Å². The Bertz CT molecular complexity index is 936. The van der Waals surface area contributed by atoms with Crippen LogP contribution >= 0.6 is 0 Å². The fourth-order valence-corrected chi connectivity index (χ4v) is 6.78. The van der Waals surface area contributed by atoms with Gasteiger partial charge in [0.1, 0.15) is 19.3 Å². The molecule has 9 heteroatoms. The summed E-state index contributed by atoms with van der Waals surface area (Å²) < 4.78 is 16.0. The molecule has 1 aliphatic heterocycles. The molecule has 0 aromatic rings. The van der Waals surface area contributed by atoms with Crippen molar-refractivity contribution in [1.82, 2.24) is 0 Å². The van der Waals surface area contributed by atoms with Crippen molar-refractivity contribution in [3.05, 3.63) is 24.3 Å². The highest BCUT2D eigenvalue weighted by Crippen LogP contribution is 2.29. The maximum atomic E-state index is 12.1. The maximum Gasteiger partial charge on any atom is 0.305 e. The molecule has 53 heavy (non-hydrogen) atoms. The van der Waals surface area contributed by atoms with Crippen LogP contribution in [0.25, 0.3) is 0 Å². The van der Waals surface area contributed by atoms with E-state index in [1.807, 2.05) is 12.2 Å². The van der Waals surface area contributed by atoms with Crippen molar-refractivity contribution >= 4 is 11.9 Å². The summed E-state index contributed by atoms with van der Waals surface area (Å²) in [6.45, 7) is 6.33. The summed E-state index contributed by atoms with van der Waals surface area (Å²) in [4.78, 5) is 24.2. The monoisotopic (exact) mass is 753 g/mol. The molecule has 0 aliphatic carbocycles. The van der Waals surface area contributed by atoms with E-state index in [4.69, 9.17) is 14.2 Å². The van der Waals surface area contributed by atoms with Crippen LogP contribution in [0.3, 0.4) is 0 Å². The van der Waals surface area contributed by atoms with Crippen LogP contribution in [0.1, 0.15) is 188 Å². The van der Waals surface area contributed by atoms with Crippen LogP contribution in [-0.4, -0.2) is 76.3 Å². The number of aliphatic hydroxyl groups is 4. The number of hydrogen-bond donors (Lipinski definition) is 4. The standard InChI is InChI=1S/C44H80O9/c1-4-5-21-27-37(45)31-32-41-39(40(47)33-44(50)53-41)28-23-19-20-25-30-43(49)52-35-38(46)34-51-42(48)29-24-18-16-14-12-10-8-6-7-9-11-13-15-17-22-26-36(2)3/h19,23,31-32,36-41,44-47,50H,4-18,20-22,24-30,33-35H2,1-3H3/b23-19-,32-31+/t37-,38+,39-,40-,41+,44?/m0/s1. The molecule has 1 fully saturated rings. The summed E-state index contributed by atoms with van der Waals surface area (Å²) in [5.74, 6) is -0.162. The molecule has 6 atom stereocenters. The Morgan fingerprint density at radius 1 is 0.698 bits per heavy atom. The lowest BCUT2D eigenvalue weighted by atomic mass is 9.87. The summed E-state index contributed by atoms with van der Waals surface area (Å²) >= 11 is 0. The van der Waals surface area contributed by atoms with Gasteiger partial charge in [0.05, 0.1) is 18.3 Å². The molecular weight excluding hydrogens is 672 g/mol. The Kier molecular flexibility index (Phi) is 31.2. The Balaban J connectivity index is 2.02. The average Bonchev–Trinajstić information content (AvgIpc) is 3.12. The molecule has 4 N–H and O–H groups in total. The average molecular weight is 753 g/mol. The number of aliphatic hydroxyl groups excluding tert-OH is 4. The molecule has 0 radical (unpaired) electrons. The predicted octanol–water partition coefficient (Wildman–Crippen LogP) is 9.42. The van der Waals surface area contributed by atoms with Gasteiger partial charge in [-0.25, -0.2) is 0 Å². The molecule has 1 rings (SSSR count). The third-order valence-electron chi connectivity index (χ3n) is 10.2. The van der Waals surface area contributed by atoms with Gasteiger partial charge in [-0.15, -0.1) is 0 Å². The zero-order valence-electron chi connectivity index (χ0n) is 34.0. The van der Waals surface area contributed by atoms with Crippen molar-refractivity contribution in [2.45, 2.75) is 218 Å². The Labute approximate surface area is 323 Å². The van der Waals surface area contributed by atoms with Gasteiger partial charge in [0, 0.05) is 25.2 Å². The number of hydrogen-bond acceptors (Lipinski definition) is 9. The molecule has 0 aromatic carbocycles. The first kappa shape index (κ1) is 49.2. The van der Waals surface area contributed by atoms with Gasteiger partial charge in [0.15, 0.2) is 6.29 Å². The number of carbonyl (C=O) groups is 2. The van der Waals surface area contributed by atoms with Crippen molar-refractivity contribution in [3.8, 4) is 0 Å². The quantitative estimate of drug-likeness (QED) is 0.0287. The molecule has 1 saturated heterocycles. The zero-order chi connectivity index (χ0) is 38.9. The highest BCUT2D eigenvalue weighted by Gasteiger charge is 2.35. The Morgan fingerprint density at radius 2 is 1.21 bits per heavy atom. The molecule has 1 aliphatic rings.